The molecule has 1 N–H and O–H groups in total. The van der Waals surface area contributed by atoms with Crippen LogP contribution in [0.15, 0.2) is 22.7 Å². The standard InChI is InChI=1S/C17H28BrN/c1-4-6-7-8-9-10-17(19-5-2)16-12-11-15(18)13-14(16)3/h11-13,17,19H,4-10H2,1-3H3. The van der Waals surface area contributed by atoms with E-state index in [2.05, 4.69) is 60.2 Å². The average molecular weight is 326 g/mol. The number of rotatable bonds is 9. The molecular formula is C17H28BrN. The normalized spacial score (nSPS) is 12.6. The Morgan fingerprint density at radius 1 is 1.11 bits per heavy atom. The summed E-state index contributed by atoms with van der Waals surface area (Å²) in [6.45, 7) is 7.71. The minimum absolute atomic E-state index is 0.514. The van der Waals surface area contributed by atoms with E-state index in [-0.39, 0.29) is 0 Å². The Kier molecular flexibility index (Phi) is 8.40. The Bertz CT molecular complexity index is 362. The van der Waals surface area contributed by atoms with Crippen molar-refractivity contribution in [3.63, 3.8) is 0 Å². The maximum atomic E-state index is 3.63. The minimum Gasteiger partial charge on any atom is -0.310 e. The monoisotopic (exact) mass is 325 g/mol. The van der Waals surface area contributed by atoms with Crippen LogP contribution in [0, 0.1) is 6.92 Å². The van der Waals surface area contributed by atoms with Crippen molar-refractivity contribution < 1.29 is 0 Å². The molecule has 0 radical (unpaired) electrons. The number of unbranched alkanes of at least 4 members (excludes halogenated alkanes) is 4. The molecule has 108 valence electrons. The first-order valence-corrected chi connectivity index (χ1v) is 8.47. The summed E-state index contributed by atoms with van der Waals surface area (Å²) in [6, 6.07) is 7.15. The molecule has 0 spiro atoms. The lowest BCUT2D eigenvalue weighted by molar-refractivity contribution is 0.477. The fourth-order valence-corrected chi connectivity index (χ4v) is 3.07. The van der Waals surface area contributed by atoms with Gasteiger partial charge in [-0.05, 0) is 43.1 Å². The van der Waals surface area contributed by atoms with Crippen molar-refractivity contribution in [2.24, 2.45) is 0 Å². The molecule has 0 aromatic heterocycles. The lowest BCUT2D eigenvalue weighted by atomic mass is 9.96. The quantitative estimate of drug-likeness (QED) is 0.568. The molecule has 19 heavy (non-hydrogen) atoms. The lowest BCUT2D eigenvalue weighted by Gasteiger charge is -2.20. The van der Waals surface area contributed by atoms with Crippen LogP contribution in [0.25, 0.3) is 0 Å². The van der Waals surface area contributed by atoms with Gasteiger partial charge in [0.05, 0.1) is 0 Å². The van der Waals surface area contributed by atoms with Crippen LogP contribution in [0.2, 0.25) is 0 Å². The van der Waals surface area contributed by atoms with Gasteiger partial charge in [0.25, 0.3) is 0 Å². The van der Waals surface area contributed by atoms with Crippen LogP contribution in [0.1, 0.15) is 69.5 Å². The minimum atomic E-state index is 0.514. The van der Waals surface area contributed by atoms with Crippen LogP contribution in [0.4, 0.5) is 0 Å². The first-order chi connectivity index (χ1) is 9.19. The molecule has 1 unspecified atom stereocenters. The zero-order valence-electron chi connectivity index (χ0n) is 12.6. The van der Waals surface area contributed by atoms with Crippen LogP contribution in [0.3, 0.4) is 0 Å². The smallest absolute Gasteiger partial charge is 0.0322 e. The summed E-state index contributed by atoms with van der Waals surface area (Å²) in [7, 11) is 0. The third kappa shape index (κ3) is 6.09. The van der Waals surface area contributed by atoms with Gasteiger partial charge in [-0.25, -0.2) is 0 Å². The van der Waals surface area contributed by atoms with Crippen molar-refractivity contribution >= 4 is 15.9 Å². The summed E-state index contributed by atoms with van der Waals surface area (Å²) < 4.78 is 1.17. The zero-order valence-corrected chi connectivity index (χ0v) is 14.2. The van der Waals surface area contributed by atoms with Gasteiger partial charge >= 0.3 is 0 Å². The molecule has 0 aliphatic carbocycles. The largest absolute Gasteiger partial charge is 0.310 e. The van der Waals surface area contributed by atoms with Crippen LogP contribution in [0.5, 0.6) is 0 Å². The van der Waals surface area contributed by atoms with E-state index in [0.717, 1.165) is 6.54 Å². The SMILES string of the molecule is CCCCCCCC(NCC)c1ccc(Br)cc1C. The van der Waals surface area contributed by atoms with Crippen molar-refractivity contribution in [2.45, 2.75) is 65.3 Å². The van der Waals surface area contributed by atoms with E-state index in [0.29, 0.717) is 6.04 Å². The lowest BCUT2D eigenvalue weighted by Crippen LogP contribution is -2.21. The van der Waals surface area contributed by atoms with Gasteiger partial charge in [-0.2, -0.15) is 0 Å². The Morgan fingerprint density at radius 3 is 2.47 bits per heavy atom. The molecule has 0 aliphatic rings. The molecule has 1 rings (SSSR count). The highest BCUT2D eigenvalue weighted by Crippen LogP contribution is 2.25. The molecule has 1 atom stereocenters. The molecule has 2 heteroatoms. The first kappa shape index (κ1) is 16.7. The van der Waals surface area contributed by atoms with Gasteiger partial charge in [0.1, 0.15) is 0 Å². The zero-order chi connectivity index (χ0) is 14.1. The molecule has 0 heterocycles. The number of benzene rings is 1. The van der Waals surface area contributed by atoms with E-state index in [9.17, 15) is 0 Å². The topological polar surface area (TPSA) is 12.0 Å². The molecule has 1 nitrogen and oxygen atoms in total. The van der Waals surface area contributed by atoms with Crippen molar-refractivity contribution in [3.8, 4) is 0 Å². The van der Waals surface area contributed by atoms with Crippen LogP contribution in [-0.2, 0) is 0 Å². The molecule has 1 aromatic rings. The maximum absolute atomic E-state index is 3.63. The number of aryl methyl sites for hydroxylation is 1. The Balaban J connectivity index is 2.55. The second-order valence-corrected chi connectivity index (χ2v) is 6.23. The molecule has 0 fully saturated rings. The predicted molar refractivity (Wildman–Crippen MR) is 88.7 cm³/mol. The van der Waals surface area contributed by atoms with E-state index in [1.165, 1.54) is 54.1 Å². The number of hydrogen-bond acceptors (Lipinski definition) is 1. The van der Waals surface area contributed by atoms with Crippen LogP contribution < -0.4 is 5.32 Å². The average Bonchev–Trinajstić information content (AvgIpc) is 2.38. The highest BCUT2D eigenvalue weighted by Gasteiger charge is 2.12. The van der Waals surface area contributed by atoms with Crippen molar-refractivity contribution in [1.29, 1.82) is 0 Å². The molecule has 0 amide bonds. The van der Waals surface area contributed by atoms with E-state index in [4.69, 9.17) is 0 Å². The van der Waals surface area contributed by atoms with Crippen molar-refractivity contribution in [2.75, 3.05) is 6.54 Å². The van der Waals surface area contributed by atoms with Crippen molar-refractivity contribution in [1.82, 2.24) is 5.32 Å². The van der Waals surface area contributed by atoms with E-state index >= 15 is 0 Å². The van der Waals surface area contributed by atoms with Gasteiger partial charge in [-0.3, -0.25) is 0 Å². The van der Waals surface area contributed by atoms with E-state index < -0.39 is 0 Å². The van der Waals surface area contributed by atoms with Gasteiger partial charge < -0.3 is 5.32 Å². The van der Waals surface area contributed by atoms with Gasteiger partial charge in [0, 0.05) is 10.5 Å². The third-order valence-corrected chi connectivity index (χ3v) is 4.15. The Labute approximate surface area is 127 Å². The van der Waals surface area contributed by atoms with Crippen LogP contribution in [-0.4, -0.2) is 6.54 Å². The summed E-state index contributed by atoms with van der Waals surface area (Å²) in [6.07, 6.45) is 8.03. The molecule has 0 bridgehead atoms. The first-order valence-electron chi connectivity index (χ1n) is 7.68. The summed E-state index contributed by atoms with van der Waals surface area (Å²) >= 11 is 3.55. The number of nitrogens with one attached hydrogen (secondary N) is 1. The summed E-state index contributed by atoms with van der Waals surface area (Å²) in [5.74, 6) is 0. The summed E-state index contributed by atoms with van der Waals surface area (Å²) in [5, 5.41) is 3.63. The van der Waals surface area contributed by atoms with Crippen LogP contribution >= 0.6 is 15.9 Å². The number of hydrogen-bond donors (Lipinski definition) is 1. The molecular weight excluding hydrogens is 298 g/mol. The van der Waals surface area contributed by atoms with E-state index in [1.54, 1.807) is 0 Å². The van der Waals surface area contributed by atoms with Crippen molar-refractivity contribution in [3.05, 3.63) is 33.8 Å². The second kappa shape index (κ2) is 9.55. The van der Waals surface area contributed by atoms with Gasteiger partial charge in [-0.15, -0.1) is 0 Å². The summed E-state index contributed by atoms with van der Waals surface area (Å²) in [5.41, 5.74) is 2.84. The van der Waals surface area contributed by atoms with Gasteiger partial charge in [0.2, 0.25) is 0 Å². The molecule has 0 saturated carbocycles. The van der Waals surface area contributed by atoms with Gasteiger partial charge in [-0.1, -0.05) is 67.9 Å². The highest BCUT2D eigenvalue weighted by atomic mass is 79.9. The molecule has 0 aliphatic heterocycles. The molecule has 1 aromatic carbocycles. The third-order valence-electron chi connectivity index (χ3n) is 3.65. The number of halogens is 1. The fraction of sp³-hybridized carbons (Fsp3) is 0.647. The maximum Gasteiger partial charge on any atom is 0.0322 e. The fourth-order valence-electron chi connectivity index (χ4n) is 2.60. The Hall–Kier alpha value is -0.340. The summed E-state index contributed by atoms with van der Waals surface area (Å²) in [4.78, 5) is 0. The second-order valence-electron chi connectivity index (χ2n) is 5.31. The predicted octanol–water partition coefficient (Wildman–Crippen LogP) is 5.77. The highest BCUT2D eigenvalue weighted by molar-refractivity contribution is 9.10. The van der Waals surface area contributed by atoms with Gasteiger partial charge in [0.15, 0.2) is 0 Å². The molecule has 0 saturated heterocycles. The Morgan fingerprint density at radius 2 is 1.84 bits per heavy atom. The van der Waals surface area contributed by atoms with E-state index in [1.807, 2.05) is 0 Å².